The van der Waals surface area contributed by atoms with Crippen LogP contribution >= 0.6 is 11.6 Å². The van der Waals surface area contributed by atoms with Crippen LogP contribution < -0.4 is 11.4 Å². The van der Waals surface area contributed by atoms with Gasteiger partial charge in [0.15, 0.2) is 5.82 Å². The second kappa shape index (κ2) is 6.41. The number of halogens is 4. The molecule has 10 heteroatoms. The van der Waals surface area contributed by atoms with Gasteiger partial charge >= 0.3 is 11.9 Å². The fraction of sp³-hybridized carbons (Fsp3) is 0.125. The molecular weight excluding hydrogens is 373 g/mol. The van der Waals surface area contributed by atoms with E-state index < -0.39 is 17.4 Å². The van der Waals surface area contributed by atoms with Crippen LogP contribution in [-0.2, 0) is 12.7 Å². The molecule has 0 saturated carbocycles. The summed E-state index contributed by atoms with van der Waals surface area (Å²) in [6, 6.07) is 6.85. The quantitative estimate of drug-likeness (QED) is 0.604. The number of H-pyrrole nitrogens is 1. The van der Waals surface area contributed by atoms with Gasteiger partial charge in [-0.15, -0.1) is 5.10 Å². The highest BCUT2D eigenvalue weighted by Crippen LogP contribution is 2.31. The molecule has 1 heterocycles. The summed E-state index contributed by atoms with van der Waals surface area (Å²) in [5.41, 5.74) is 5.11. The van der Waals surface area contributed by atoms with Crippen molar-refractivity contribution in [2.75, 3.05) is 5.73 Å². The molecule has 0 unspecified atom stereocenters. The number of aromatic nitrogens is 3. The number of nitrogen functional groups attached to an aromatic ring is 1. The fourth-order valence-corrected chi connectivity index (χ4v) is 2.55. The molecule has 136 valence electrons. The van der Waals surface area contributed by atoms with Crippen LogP contribution in [-0.4, -0.2) is 19.9 Å². The molecule has 26 heavy (non-hydrogen) atoms. The molecular formula is C16H12ClF3N4O2. The zero-order valence-corrected chi connectivity index (χ0v) is 13.8. The van der Waals surface area contributed by atoms with E-state index in [1.807, 2.05) is 0 Å². The van der Waals surface area contributed by atoms with E-state index in [0.717, 1.165) is 16.8 Å². The van der Waals surface area contributed by atoms with Crippen molar-refractivity contribution in [3.8, 4) is 17.1 Å². The Hall–Kier alpha value is -2.94. The minimum absolute atomic E-state index is 0.0760. The predicted octanol–water partition coefficient (Wildman–Crippen LogP) is 3.25. The average Bonchev–Trinajstić information content (AvgIpc) is 2.92. The molecule has 4 N–H and O–H groups in total. The molecule has 0 aliphatic rings. The van der Waals surface area contributed by atoms with Gasteiger partial charge in [0.05, 0.1) is 22.8 Å². The van der Waals surface area contributed by atoms with Gasteiger partial charge in [-0.2, -0.15) is 13.2 Å². The van der Waals surface area contributed by atoms with E-state index in [1.54, 1.807) is 0 Å². The van der Waals surface area contributed by atoms with Gasteiger partial charge in [0.25, 0.3) is 0 Å². The molecule has 0 aliphatic heterocycles. The summed E-state index contributed by atoms with van der Waals surface area (Å²) in [6.07, 6.45) is -4.45. The second-order valence-electron chi connectivity index (χ2n) is 5.52. The van der Waals surface area contributed by atoms with Crippen molar-refractivity contribution >= 4 is 17.3 Å². The van der Waals surface area contributed by atoms with Gasteiger partial charge in [-0.05, 0) is 23.8 Å². The summed E-state index contributed by atoms with van der Waals surface area (Å²) >= 11 is 6.06. The van der Waals surface area contributed by atoms with Crippen molar-refractivity contribution in [2.45, 2.75) is 12.7 Å². The summed E-state index contributed by atoms with van der Waals surface area (Å²) in [5.74, 6) is -0.0126. The summed E-state index contributed by atoms with van der Waals surface area (Å²) in [6.45, 7) is -0.0760. The number of phenolic OH excluding ortho intramolecular Hbond substituents is 1. The normalized spacial score (nSPS) is 11.7. The van der Waals surface area contributed by atoms with Crippen LogP contribution in [0.25, 0.3) is 11.4 Å². The SMILES string of the molecule is Nc1cc(O)cc(Cn2nc(-c3ccc(C(F)(F)F)cc3)[nH]c2=O)c1Cl. The molecule has 0 spiro atoms. The van der Waals surface area contributed by atoms with Crippen LogP contribution in [0.15, 0.2) is 41.2 Å². The second-order valence-corrected chi connectivity index (χ2v) is 5.90. The molecule has 1 aromatic heterocycles. The Bertz CT molecular complexity index is 1010. The molecule has 3 rings (SSSR count). The first kappa shape index (κ1) is 17.9. The first-order valence-corrected chi connectivity index (χ1v) is 7.64. The van der Waals surface area contributed by atoms with Crippen LogP contribution in [0.5, 0.6) is 5.75 Å². The number of aromatic hydroxyl groups is 1. The first-order valence-electron chi connectivity index (χ1n) is 7.27. The summed E-state index contributed by atoms with van der Waals surface area (Å²) in [4.78, 5) is 14.5. The number of anilines is 1. The highest BCUT2D eigenvalue weighted by molar-refractivity contribution is 6.33. The van der Waals surface area contributed by atoms with Gasteiger partial charge in [-0.1, -0.05) is 23.7 Å². The lowest BCUT2D eigenvalue weighted by molar-refractivity contribution is -0.137. The van der Waals surface area contributed by atoms with E-state index in [0.29, 0.717) is 11.1 Å². The molecule has 0 fully saturated rings. The molecule has 0 atom stereocenters. The Labute approximate surface area is 149 Å². The third-order valence-electron chi connectivity index (χ3n) is 3.65. The zero-order chi connectivity index (χ0) is 19.1. The monoisotopic (exact) mass is 384 g/mol. The maximum Gasteiger partial charge on any atom is 0.416 e. The van der Waals surface area contributed by atoms with E-state index in [4.69, 9.17) is 17.3 Å². The molecule has 2 aromatic carbocycles. The minimum Gasteiger partial charge on any atom is -0.508 e. The summed E-state index contributed by atoms with van der Waals surface area (Å²) in [7, 11) is 0. The lowest BCUT2D eigenvalue weighted by atomic mass is 10.1. The average molecular weight is 385 g/mol. The van der Waals surface area contributed by atoms with Crippen molar-refractivity contribution in [1.82, 2.24) is 14.8 Å². The maximum atomic E-state index is 12.6. The number of nitrogens with one attached hydrogen (secondary N) is 1. The van der Waals surface area contributed by atoms with Crippen LogP contribution in [0.4, 0.5) is 18.9 Å². The zero-order valence-electron chi connectivity index (χ0n) is 13.0. The van der Waals surface area contributed by atoms with Crippen molar-refractivity contribution in [2.24, 2.45) is 0 Å². The van der Waals surface area contributed by atoms with Crippen molar-refractivity contribution in [1.29, 1.82) is 0 Å². The first-order chi connectivity index (χ1) is 12.1. The standard InChI is InChI=1S/C16H12ClF3N4O2/c17-13-9(5-11(25)6-12(13)21)7-24-15(26)22-14(23-24)8-1-3-10(4-2-8)16(18,19)20/h1-6,25H,7,21H2,(H,22,23,26). The topological polar surface area (TPSA) is 96.9 Å². The van der Waals surface area contributed by atoms with Gasteiger partial charge < -0.3 is 10.8 Å². The molecule has 0 amide bonds. The number of hydrogen-bond donors (Lipinski definition) is 3. The number of rotatable bonds is 3. The fourth-order valence-electron chi connectivity index (χ4n) is 2.38. The molecule has 0 bridgehead atoms. The number of aromatic amines is 1. The molecule has 0 aliphatic carbocycles. The number of hydrogen-bond acceptors (Lipinski definition) is 4. The highest BCUT2D eigenvalue weighted by Gasteiger charge is 2.30. The van der Waals surface area contributed by atoms with Gasteiger partial charge in [-0.25, -0.2) is 9.48 Å². The van der Waals surface area contributed by atoms with Crippen LogP contribution in [0, 0.1) is 0 Å². The van der Waals surface area contributed by atoms with E-state index in [9.17, 15) is 23.1 Å². The predicted molar refractivity (Wildman–Crippen MR) is 89.9 cm³/mol. The summed E-state index contributed by atoms with van der Waals surface area (Å²) < 4.78 is 38.9. The van der Waals surface area contributed by atoms with E-state index in [1.165, 1.54) is 24.3 Å². The van der Waals surface area contributed by atoms with E-state index in [-0.39, 0.29) is 28.8 Å². The Morgan fingerprint density at radius 2 is 1.88 bits per heavy atom. The Kier molecular flexibility index (Phi) is 4.41. The van der Waals surface area contributed by atoms with Crippen molar-refractivity contribution in [3.63, 3.8) is 0 Å². The number of phenols is 1. The van der Waals surface area contributed by atoms with Gasteiger partial charge in [0, 0.05) is 11.6 Å². The smallest absolute Gasteiger partial charge is 0.416 e. The minimum atomic E-state index is -4.45. The van der Waals surface area contributed by atoms with Crippen molar-refractivity contribution in [3.05, 3.63) is 63.0 Å². The lowest BCUT2D eigenvalue weighted by Gasteiger charge is -2.07. The summed E-state index contributed by atoms with van der Waals surface area (Å²) in [5, 5.41) is 13.8. The number of alkyl halides is 3. The Balaban J connectivity index is 1.92. The third-order valence-corrected chi connectivity index (χ3v) is 4.11. The van der Waals surface area contributed by atoms with E-state index in [2.05, 4.69) is 10.1 Å². The third kappa shape index (κ3) is 3.52. The van der Waals surface area contributed by atoms with Gasteiger partial charge in [-0.3, -0.25) is 4.98 Å². The van der Waals surface area contributed by atoms with Gasteiger partial charge in [0.2, 0.25) is 0 Å². The number of nitrogens with two attached hydrogens (primary N) is 1. The molecule has 0 saturated heterocycles. The Morgan fingerprint density at radius 3 is 2.50 bits per heavy atom. The van der Waals surface area contributed by atoms with E-state index >= 15 is 0 Å². The Morgan fingerprint density at radius 1 is 1.23 bits per heavy atom. The lowest BCUT2D eigenvalue weighted by Crippen LogP contribution is -2.19. The molecule has 3 aromatic rings. The molecule has 6 nitrogen and oxygen atoms in total. The molecule has 0 radical (unpaired) electrons. The van der Waals surface area contributed by atoms with Crippen molar-refractivity contribution < 1.29 is 18.3 Å². The van der Waals surface area contributed by atoms with Gasteiger partial charge in [0.1, 0.15) is 5.75 Å². The highest BCUT2D eigenvalue weighted by atomic mass is 35.5. The largest absolute Gasteiger partial charge is 0.508 e. The maximum absolute atomic E-state index is 12.6. The van der Waals surface area contributed by atoms with Crippen LogP contribution in [0.3, 0.4) is 0 Å². The van der Waals surface area contributed by atoms with Crippen LogP contribution in [0.2, 0.25) is 5.02 Å². The van der Waals surface area contributed by atoms with Crippen LogP contribution in [0.1, 0.15) is 11.1 Å². The number of benzene rings is 2. The number of nitrogens with zero attached hydrogens (tertiary/aromatic N) is 2.